The number of nitrogens with one attached hydrogen (secondary N) is 1. The molecular weight excluding hydrogens is 452 g/mol. The zero-order valence-corrected chi connectivity index (χ0v) is 19.4. The summed E-state index contributed by atoms with van der Waals surface area (Å²) in [5.74, 6) is 1.10. The van der Waals surface area contributed by atoms with Crippen LogP contribution < -0.4 is 15.0 Å². The number of hydrogen-bond donors (Lipinski definition) is 1. The summed E-state index contributed by atoms with van der Waals surface area (Å²) in [6.07, 6.45) is 0. The summed E-state index contributed by atoms with van der Waals surface area (Å²) in [7, 11) is 0. The first kappa shape index (κ1) is 22.0. The van der Waals surface area contributed by atoms with Crippen LogP contribution in [0.1, 0.15) is 27.0 Å². The molecule has 2 heterocycles. The summed E-state index contributed by atoms with van der Waals surface area (Å²) in [5.41, 5.74) is 3.38. The zero-order chi connectivity index (χ0) is 23.7. The van der Waals surface area contributed by atoms with Gasteiger partial charge in [0.2, 0.25) is 0 Å². The number of benzene rings is 3. The van der Waals surface area contributed by atoms with Gasteiger partial charge >= 0.3 is 0 Å². The largest absolute Gasteiger partial charge is 0.486 e. The standard InChI is InChI=1S/C27H23ClN2O4/c1-17-3-2-4-19(11-17)27(32)30(15-18-5-7-22(28)8-6-18)16-21-12-20-13-24-25(34-10-9-33-24)14-23(20)29-26(21)31/h2-8,11-14H,9-10,15-16H2,1H3,(H,29,31). The highest BCUT2D eigenvalue weighted by Crippen LogP contribution is 2.33. The van der Waals surface area contributed by atoms with Crippen LogP contribution in [0.4, 0.5) is 0 Å². The Labute approximate surface area is 201 Å². The van der Waals surface area contributed by atoms with Gasteiger partial charge in [-0.1, -0.05) is 41.4 Å². The smallest absolute Gasteiger partial charge is 0.254 e. The summed E-state index contributed by atoms with van der Waals surface area (Å²) >= 11 is 6.04. The van der Waals surface area contributed by atoms with Crippen molar-refractivity contribution in [3.8, 4) is 11.5 Å². The fraction of sp³-hybridized carbons (Fsp3) is 0.185. The van der Waals surface area contributed by atoms with Crippen molar-refractivity contribution in [3.63, 3.8) is 0 Å². The van der Waals surface area contributed by atoms with Gasteiger partial charge in [-0.2, -0.15) is 0 Å². The van der Waals surface area contributed by atoms with Crippen molar-refractivity contribution >= 4 is 28.4 Å². The van der Waals surface area contributed by atoms with Crippen LogP contribution in [0.3, 0.4) is 0 Å². The van der Waals surface area contributed by atoms with E-state index in [-0.39, 0.29) is 18.0 Å². The minimum absolute atomic E-state index is 0.148. The molecule has 1 aliphatic rings. The molecule has 0 fully saturated rings. The van der Waals surface area contributed by atoms with Crippen LogP contribution in [0.5, 0.6) is 11.5 Å². The van der Waals surface area contributed by atoms with Crippen molar-refractivity contribution < 1.29 is 14.3 Å². The van der Waals surface area contributed by atoms with Gasteiger partial charge in [-0.3, -0.25) is 9.59 Å². The quantitative estimate of drug-likeness (QED) is 0.436. The SMILES string of the molecule is Cc1cccc(C(=O)N(Cc2ccc(Cl)cc2)Cc2cc3cc4c(cc3[nH]c2=O)OCCO4)c1. The highest BCUT2D eigenvalue weighted by atomic mass is 35.5. The summed E-state index contributed by atoms with van der Waals surface area (Å²) < 4.78 is 11.3. The molecule has 0 unspecified atom stereocenters. The maximum Gasteiger partial charge on any atom is 0.254 e. The van der Waals surface area contributed by atoms with Crippen molar-refractivity contribution in [2.75, 3.05) is 13.2 Å². The summed E-state index contributed by atoms with van der Waals surface area (Å²) in [4.78, 5) is 31.1. The molecule has 4 aromatic rings. The molecule has 0 spiro atoms. The topological polar surface area (TPSA) is 71.6 Å². The first-order valence-corrected chi connectivity index (χ1v) is 11.4. The molecule has 34 heavy (non-hydrogen) atoms. The molecular formula is C27H23ClN2O4. The third-order valence-corrected chi connectivity index (χ3v) is 6.04. The number of hydrogen-bond acceptors (Lipinski definition) is 4. The second-order valence-electron chi connectivity index (χ2n) is 8.36. The summed E-state index contributed by atoms with van der Waals surface area (Å²) in [6.45, 7) is 3.38. The lowest BCUT2D eigenvalue weighted by atomic mass is 10.1. The van der Waals surface area contributed by atoms with Crippen molar-refractivity contribution in [1.82, 2.24) is 9.88 Å². The number of fused-ring (bicyclic) bond motifs is 2. The average molecular weight is 475 g/mol. The number of carbonyl (C=O) groups excluding carboxylic acids is 1. The van der Waals surface area contributed by atoms with Gasteiger partial charge in [0.1, 0.15) is 13.2 Å². The van der Waals surface area contributed by atoms with Crippen LogP contribution in [-0.4, -0.2) is 29.0 Å². The molecule has 3 aromatic carbocycles. The van der Waals surface area contributed by atoms with Gasteiger partial charge in [-0.15, -0.1) is 0 Å². The number of aromatic nitrogens is 1. The van der Waals surface area contributed by atoms with E-state index in [0.29, 0.717) is 52.9 Å². The predicted octanol–water partition coefficient (Wildman–Crippen LogP) is 5.10. The van der Waals surface area contributed by atoms with Crippen LogP contribution in [0.2, 0.25) is 5.02 Å². The fourth-order valence-electron chi connectivity index (χ4n) is 4.08. The number of rotatable bonds is 5. The Hall–Kier alpha value is -3.77. The molecule has 0 atom stereocenters. The number of H-pyrrole nitrogens is 1. The number of amides is 1. The molecule has 172 valence electrons. The number of ether oxygens (including phenoxy) is 2. The highest BCUT2D eigenvalue weighted by molar-refractivity contribution is 6.30. The van der Waals surface area contributed by atoms with Gasteiger partial charge in [0.05, 0.1) is 12.1 Å². The maximum atomic E-state index is 13.5. The van der Waals surface area contributed by atoms with Gasteiger partial charge in [-0.05, 0) is 48.9 Å². The van der Waals surface area contributed by atoms with E-state index in [1.165, 1.54) is 0 Å². The van der Waals surface area contributed by atoms with Crippen molar-refractivity contribution in [2.45, 2.75) is 20.0 Å². The lowest BCUT2D eigenvalue weighted by Crippen LogP contribution is -2.32. The molecule has 1 aliphatic heterocycles. The Balaban J connectivity index is 1.51. The monoisotopic (exact) mass is 474 g/mol. The number of nitrogens with zero attached hydrogens (tertiary/aromatic N) is 1. The van der Waals surface area contributed by atoms with Crippen LogP contribution in [-0.2, 0) is 13.1 Å². The van der Waals surface area contributed by atoms with Gasteiger partial charge in [0.25, 0.3) is 11.5 Å². The molecule has 1 N–H and O–H groups in total. The van der Waals surface area contributed by atoms with Crippen molar-refractivity contribution in [2.24, 2.45) is 0 Å². The second-order valence-corrected chi connectivity index (χ2v) is 8.80. The van der Waals surface area contributed by atoms with Gasteiger partial charge < -0.3 is 19.4 Å². The number of aromatic amines is 1. The molecule has 0 saturated carbocycles. The first-order chi connectivity index (χ1) is 16.5. The van der Waals surface area contributed by atoms with E-state index < -0.39 is 0 Å². The molecule has 0 saturated heterocycles. The molecule has 5 rings (SSSR count). The van der Waals surface area contributed by atoms with Crippen molar-refractivity contribution in [3.05, 3.63) is 104 Å². The van der Waals surface area contributed by atoms with Crippen LogP contribution in [0.25, 0.3) is 10.9 Å². The van der Waals surface area contributed by atoms with Crippen LogP contribution in [0, 0.1) is 6.92 Å². The highest BCUT2D eigenvalue weighted by Gasteiger charge is 2.20. The molecule has 0 bridgehead atoms. The number of pyridine rings is 1. The fourth-order valence-corrected chi connectivity index (χ4v) is 4.21. The van der Waals surface area contributed by atoms with Crippen LogP contribution >= 0.6 is 11.6 Å². The first-order valence-electron chi connectivity index (χ1n) is 11.0. The number of carbonyl (C=O) groups is 1. The molecule has 1 amide bonds. The summed E-state index contributed by atoms with van der Waals surface area (Å²) in [6, 6.07) is 20.2. The molecule has 7 heteroatoms. The van der Waals surface area contributed by atoms with Gasteiger partial charge in [0, 0.05) is 34.1 Å². The zero-order valence-electron chi connectivity index (χ0n) is 18.6. The summed E-state index contributed by atoms with van der Waals surface area (Å²) in [5, 5.41) is 1.44. The van der Waals surface area contributed by atoms with E-state index in [4.69, 9.17) is 21.1 Å². The Morgan fingerprint density at radius 1 is 0.971 bits per heavy atom. The Morgan fingerprint density at radius 3 is 2.44 bits per heavy atom. The van der Waals surface area contributed by atoms with E-state index in [2.05, 4.69) is 4.98 Å². The predicted molar refractivity (Wildman–Crippen MR) is 132 cm³/mol. The van der Waals surface area contributed by atoms with Gasteiger partial charge in [0.15, 0.2) is 11.5 Å². The third kappa shape index (κ3) is 4.63. The van der Waals surface area contributed by atoms with Gasteiger partial charge in [-0.25, -0.2) is 0 Å². The minimum Gasteiger partial charge on any atom is -0.486 e. The lowest BCUT2D eigenvalue weighted by molar-refractivity contribution is 0.0729. The molecule has 0 aliphatic carbocycles. The average Bonchev–Trinajstić information content (AvgIpc) is 2.83. The Morgan fingerprint density at radius 2 is 1.71 bits per heavy atom. The lowest BCUT2D eigenvalue weighted by Gasteiger charge is -2.23. The second kappa shape index (κ2) is 9.23. The Kier molecular flexibility index (Phi) is 5.99. The van der Waals surface area contributed by atoms with E-state index >= 15 is 0 Å². The number of halogens is 1. The van der Waals surface area contributed by atoms with Crippen molar-refractivity contribution in [1.29, 1.82) is 0 Å². The van der Waals surface area contributed by atoms with E-state index in [0.717, 1.165) is 16.5 Å². The molecule has 1 aromatic heterocycles. The van der Waals surface area contributed by atoms with E-state index in [9.17, 15) is 9.59 Å². The normalized spacial score (nSPS) is 12.5. The third-order valence-electron chi connectivity index (χ3n) is 5.78. The minimum atomic E-state index is -0.248. The molecule has 0 radical (unpaired) electrons. The molecule has 6 nitrogen and oxygen atoms in total. The number of aryl methyl sites for hydroxylation is 1. The Bertz CT molecular complexity index is 1430. The van der Waals surface area contributed by atoms with E-state index in [1.807, 2.05) is 49.4 Å². The van der Waals surface area contributed by atoms with Crippen LogP contribution in [0.15, 0.2) is 71.5 Å². The maximum absolute atomic E-state index is 13.5. The van der Waals surface area contributed by atoms with E-state index in [1.54, 1.807) is 29.2 Å².